The largest absolute Gasteiger partial charge is 0.351 e. The summed E-state index contributed by atoms with van der Waals surface area (Å²) in [6, 6.07) is 7.33. The molecule has 1 saturated heterocycles. The van der Waals surface area contributed by atoms with E-state index in [0.29, 0.717) is 25.3 Å². The number of hydrogen-bond donors (Lipinski definition) is 2. The Bertz CT molecular complexity index is 546. The van der Waals surface area contributed by atoms with Crippen molar-refractivity contribution in [2.24, 2.45) is 11.7 Å². The van der Waals surface area contributed by atoms with Gasteiger partial charge >= 0.3 is 0 Å². The number of anilines is 1. The summed E-state index contributed by atoms with van der Waals surface area (Å²) in [4.78, 5) is 25.7. The molecule has 134 valence electrons. The number of hydrogen-bond acceptors (Lipinski definition) is 3. The van der Waals surface area contributed by atoms with Crippen molar-refractivity contribution in [3.05, 3.63) is 29.8 Å². The Balaban J connectivity index is 0.00000288. The van der Waals surface area contributed by atoms with Crippen molar-refractivity contribution in [1.29, 1.82) is 0 Å². The number of piperidine rings is 1. The lowest BCUT2D eigenvalue weighted by Gasteiger charge is -2.26. The van der Waals surface area contributed by atoms with E-state index in [1.807, 2.05) is 43.0 Å². The molecule has 0 saturated carbocycles. The van der Waals surface area contributed by atoms with Gasteiger partial charge in [-0.05, 0) is 42.9 Å². The van der Waals surface area contributed by atoms with Crippen LogP contribution >= 0.6 is 12.4 Å². The summed E-state index contributed by atoms with van der Waals surface area (Å²) < 4.78 is 0. The molecule has 24 heavy (non-hydrogen) atoms. The van der Waals surface area contributed by atoms with E-state index in [-0.39, 0.29) is 24.2 Å². The molecule has 0 bridgehead atoms. The third-order valence-electron chi connectivity index (χ3n) is 4.10. The van der Waals surface area contributed by atoms with Crippen LogP contribution in [0.3, 0.4) is 0 Å². The van der Waals surface area contributed by atoms with Gasteiger partial charge in [-0.15, -0.1) is 12.4 Å². The molecule has 1 heterocycles. The van der Waals surface area contributed by atoms with Gasteiger partial charge in [0.05, 0.1) is 6.04 Å². The molecule has 2 rings (SSSR count). The van der Waals surface area contributed by atoms with E-state index in [2.05, 4.69) is 5.32 Å². The number of carbonyl (C=O) groups excluding carboxylic acids is 2. The maximum atomic E-state index is 11.9. The summed E-state index contributed by atoms with van der Waals surface area (Å²) in [6.45, 7) is 5.35. The molecule has 1 aromatic carbocycles. The van der Waals surface area contributed by atoms with Gasteiger partial charge in [0, 0.05) is 25.2 Å². The first kappa shape index (κ1) is 20.5. The van der Waals surface area contributed by atoms with Crippen molar-refractivity contribution in [3.63, 3.8) is 0 Å². The topological polar surface area (TPSA) is 75.4 Å². The zero-order valence-electron chi connectivity index (χ0n) is 14.5. The minimum atomic E-state index is -0.458. The highest BCUT2D eigenvalue weighted by atomic mass is 35.5. The lowest BCUT2D eigenvalue weighted by molar-refractivity contribution is -0.123. The molecule has 0 aliphatic carbocycles. The van der Waals surface area contributed by atoms with E-state index in [9.17, 15) is 9.59 Å². The van der Waals surface area contributed by atoms with E-state index in [4.69, 9.17) is 5.73 Å². The van der Waals surface area contributed by atoms with Gasteiger partial charge < -0.3 is 16.0 Å². The van der Waals surface area contributed by atoms with E-state index in [1.165, 1.54) is 0 Å². The van der Waals surface area contributed by atoms with Crippen LogP contribution in [0.4, 0.5) is 5.69 Å². The van der Waals surface area contributed by atoms with Crippen LogP contribution in [0.5, 0.6) is 0 Å². The van der Waals surface area contributed by atoms with Crippen LogP contribution in [0.1, 0.15) is 45.1 Å². The number of rotatable bonds is 6. The van der Waals surface area contributed by atoms with Crippen molar-refractivity contribution < 1.29 is 9.59 Å². The molecular formula is C18H28ClN3O2. The highest BCUT2D eigenvalue weighted by Gasteiger charge is 2.19. The van der Waals surface area contributed by atoms with Crippen LogP contribution in [0.15, 0.2) is 24.3 Å². The third-order valence-corrected chi connectivity index (χ3v) is 4.10. The molecule has 5 nitrogen and oxygen atoms in total. The molecule has 1 fully saturated rings. The smallest absolute Gasteiger partial charge is 0.237 e. The average Bonchev–Trinajstić information content (AvgIpc) is 2.53. The Labute approximate surface area is 150 Å². The van der Waals surface area contributed by atoms with E-state index < -0.39 is 6.04 Å². The van der Waals surface area contributed by atoms with Gasteiger partial charge in [0.1, 0.15) is 0 Å². The van der Waals surface area contributed by atoms with Crippen LogP contribution in [0.25, 0.3) is 0 Å². The quantitative estimate of drug-likeness (QED) is 0.825. The first-order valence-corrected chi connectivity index (χ1v) is 8.40. The normalized spacial score (nSPS) is 15.8. The second-order valence-corrected chi connectivity index (χ2v) is 6.62. The molecule has 6 heteroatoms. The molecule has 0 spiro atoms. The minimum Gasteiger partial charge on any atom is -0.351 e. The molecule has 3 N–H and O–H groups in total. The highest BCUT2D eigenvalue weighted by Crippen LogP contribution is 2.21. The lowest BCUT2D eigenvalue weighted by atomic mass is 10.0. The van der Waals surface area contributed by atoms with Crippen molar-refractivity contribution in [1.82, 2.24) is 5.32 Å². The van der Waals surface area contributed by atoms with Crippen LogP contribution in [-0.2, 0) is 16.1 Å². The summed E-state index contributed by atoms with van der Waals surface area (Å²) >= 11 is 0. The number of nitrogens with one attached hydrogen (secondary N) is 1. The fraction of sp³-hybridized carbons (Fsp3) is 0.556. The monoisotopic (exact) mass is 353 g/mol. The molecule has 1 atom stereocenters. The molecule has 0 aromatic heterocycles. The summed E-state index contributed by atoms with van der Waals surface area (Å²) in [5, 5.41) is 2.87. The van der Waals surface area contributed by atoms with Crippen molar-refractivity contribution in [2.75, 3.05) is 11.4 Å². The predicted molar refractivity (Wildman–Crippen MR) is 99.2 cm³/mol. The molecule has 0 unspecified atom stereocenters. The third kappa shape index (κ3) is 5.80. The van der Waals surface area contributed by atoms with Crippen molar-refractivity contribution >= 4 is 29.9 Å². The number of carbonyl (C=O) groups is 2. The maximum Gasteiger partial charge on any atom is 0.237 e. The van der Waals surface area contributed by atoms with Crippen LogP contribution < -0.4 is 16.0 Å². The van der Waals surface area contributed by atoms with Crippen LogP contribution in [0.2, 0.25) is 0 Å². The second kappa shape index (κ2) is 9.64. The number of benzene rings is 1. The minimum absolute atomic E-state index is 0. The van der Waals surface area contributed by atoms with E-state index in [1.54, 1.807) is 0 Å². The summed E-state index contributed by atoms with van der Waals surface area (Å²) in [6.07, 6.45) is 3.35. The zero-order valence-corrected chi connectivity index (χ0v) is 15.3. The summed E-state index contributed by atoms with van der Waals surface area (Å²) in [5.74, 6) is 0.475. The first-order valence-electron chi connectivity index (χ1n) is 8.40. The lowest BCUT2D eigenvalue weighted by Crippen LogP contribution is -2.41. The molecular weight excluding hydrogens is 326 g/mol. The first-order chi connectivity index (χ1) is 11.0. The maximum absolute atomic E-state index is 11.9. The van der Waals surface area contributed by atoms with E-state index >= 15 is 0 Å². The molecule has 0 radical (unpaired) electrons. The number of nitrogens with two attached hydrogens (primary N) is 1. The standard InChI is InChI=1S/C18H27N3O2.ClH/c1-13(2)11-16(19)18(23)20-12-14-6-8-15(9-7-14)21-10-4-3-5-17(21)22;/h6-9,13,16H,3-5,10-12,19H2,1-2H3,(H,20,23);1H/t16-;/m0./s1. The number of halogens is 1. The zero-order chi connectivity index (χ0) is 16.8. The van der Waals surface area contributed by atoms with Gasteiger partial charge in [-0.2, -0.15) is 0 Å². The van der Waals surface area contributed by atoms with Crippen LogP contribution in [0, 0.1) is 5.92 Å². The summed E-state index contributed by atoms with van der Waals surface area (Å²) in [5.41, 5.74) is 7.80. The number of amides is 2. The van der Waals surface area contributed by atoms with Gasteiger partial charge in [0.25, 0.3) is 0 Å². The van der Waals surface area contributed by atoms with Crippen LogP contribution in [-0.4, -0.2) is 24.4 Å². The molecule has 1 aromatic rings. The molecule has 2 amide bonds. The van der Waals surface area contributed by atoms with Gasteiger partial charge in [-0.25, -0.2) is 0 Å². The predicted octanol–water partition coefficient (Wildman–Crippen LogP) is 2.61. The second-order valence-electron chi connectivity index (χ2n) is 6.62. The van der Waals surface area contributed by atoms with Gasteiger partial charge in [0.15, 0.2) is 0 Å². The van der Waals surface area contributed by atoms with Gasteiger partial charge in [0.2, 0.25) is 11.8 Å². The summed E-state index contributed by atoms with van der Waals surface area (Å²) in [7, 11) is 0. The Hall–Kier alpha value is -1.59. The Kier molecular flexibility index (Phi) is 8.22. The fourth-order valence-corrected chi connectivity index (χ4v) is 2.81. The van der Waals surface area contributed by atoms with E-state index in [0.717, 1.165) is 30.6 Å². The Morgan fingerprint density at radius 2 is 1.92 bits per heavy atom. The average molecular weight is 354 g/mol. The van der Waals surface area contributed by atoms with Gasteiger partial charge in [-0.3, -0.25) is 9.59 Å². The van der Waals surface area contributed by atoms with Gasteiger partial charge in [-0.1, -0.05) is 26.0 Å². The highest BCUT2D eigenvalue weighted by molar-refractivity contribution is 5.93. The van der Waals surface area contributed by atoms with Crippen molar-refractivity contribution in [2.45, 2.75) is 52.1 Å². The molecule has 1 aliphatic rings. The number of nitrogens with zero attached hydrogens (tertiary/aromatic N) is 1. The SMILES string of the molecule is CC(C)C[C@H](N)C(=O)NCc1ccc(N2CCCCC2=O)cc1.Cl. The Morgan fingerprint density at radius 1 is 1.25 bits per heavy atom. The van der Waals surface area contributed by atoms with Crippen molar-refractivity contribution in [3.8, 4) is 0 Å². The Morgan fingerprint density at radius 3 is 2.50 bits per heavy atom. The fourth-order valence-electron chi connectivity index (χ4n) is 2.81. The molecule has 1 aliphatic heterocycles.